The lowest BCUT2D eigenvalue weighted by molar-refractivity contribution is -0.116. The maximum atomic E-state index is 11.1. The van der Waals surface area contributed by atoms with Crippen molar-refractivity contribution in [3.05, 3.63) is 29.8 Å². The van der Waals surface area contributed by atoms with Crippen LogP contribution < -0.4 is 10.6 Å². The molecule has 0 saturated heterocycles. The number of hydrogen-bond donors (Lipinski definition) is 1. The molecule has 1 aromatic carbocycles. The Morgan fingerprint density at radius 1 is 1.25 bits per heavy atom. The summed E-state index contributed by atoms with van der Waals surface area (Å²) in [6.07, 6.45) is 4.71. The third-order valence-electron chi connectivity index (χ3n) is 3.05. The Hall–Kier alpha value is -1.51. The van der Waals surface area contributed by atoms with E-state index in [1.807, 2.05) is 6.07 Å². The van der Waals surface area contributed by atoms with Gasteiger partial charge in [-0.15, -0.1) is 0 Å². The van der Waals surface area contributed by atoms with Gasteiger partial charge in [0.15, 0.2) is 0 Å². The fourth-order valence-corrected chi connectivity index (χ4v) is 2.30. The number of primary amides is 1. The van der Waals surface area contributed by atoms with Crippen LogP contribution in [0.2, 0.25) is 0 Å². The highest BCUT2D eigenvalue weighted by molar-refractivity contribution is 5.80. The Labute approximate surface area is 96.2 Å². The second-order valence-electron chi connectivity index (χ2n) is 4.33. The molecule has 0 aliphatic carbocycles. The van der Waals surface area contributed by atoms with E-state index in [1.165, 1.54) is 24.1 Å². The maximum Gasteiger partial charge on any atom is 0.236 e. The van der Waals surface area contributed by atoms with Gasteiger partial charge in [-0.05, 0) is 30.9 Å². The average Bonchev–Trinajstić information content (AvgIpc) is 2.24. The molecule has 86 valence electrons. The maximum absolute atomic E-state index is 11.1. The van der Waals surface area contributed by atoms with Crippen LogP contribution in [0.4, 0.5) is 5.69 Å². The number of amides is 1. The van der Waals surface area contributed by atoms with Crippen LogP contribution in [0.3, 0.4) is 0 Å². The molecule has 0 unspecified atom stereocenters. The SMILES string of the molecule is NC(=O)CN1CCCCCc2ccccc21. The Bertz CT molecular complexity index is 376. The third-order valence-corrected chi connectivity index (χ3v) is 3.05. The smallest absolute Gasteiger partial charge is 0.236 e. The molecule has 16 heavy (non-hydrogen) atoms. The molecule has 0 radical (unpaired) electrons. The summed E-state index contributed by atoms with van der Waals surface area (Å²) in [4.78, 5) is 13.2. The number of fused-ring (bicyclic) bond motifs is 1. The molecular weight excluding hydrogens is 200 g/mol. The first-order chi connectivity index (χ1) is 7.77. The van der Waals surface area contributed by atoms with Gasteiger partial charge in [0.1, 0.15) is 0 Å². The van der Waals surface area contributed by atoms with Gasteiger partial charge in [0.05, 0.1) is 6.54 Å². The number of nitrogens with zero attached hydrogens (tertiary/aromatic N) is 1. The van der Waals surface area contributed by atoms with Crippen molar-refractivity contribution < 1.29 is 4.79 Å². The summed E-state index contributed by atoms with van der Waals surface area (Å²) >= 11 is 0. The largest absolute Gasteiger partial charge is 0.368 e. The molecule has 0 fully saturated rings. The van der Waals surface area contributed by atoms with Gasteiger partial charge in [0, 0.05) is 12.2 Å². The summed E-state index contributed by atoms with van der Waals surface area (Å²) in [5.41, 5.74) is 7.81. The van der Waals surface area contributed by atoms with E-state index in [0.717, 1.165) is 19.4 Å². The lowest BCUT2D eigenvalue weighted by Crippen LogP contribution is -2.35. The zero-order valence-corrected chi connectivity index (χ0v) is 9.48. The van der Waals surface area contributed by atoms with E-state index in [1.54, 1.807) is 0 Å². The van der Waals surface area contributed by atoms with Gasteiger partial charge >= 0.3 is 0 Å². The number of benzene rings is 1. The summed E-state index contributed by atoms with van der Waals surface area (Å²) in [5.74, 6) is -0.254. The highest BCUT2D eigenvalue weighted by atomic mass is 16.1. The number of hydrogen-bond acceptors (Lipinski definition) is 2. The minimum atomic E-state index is -0.254. The van der Waals surface area contributed by atoms with Crippen molar-refractivity contribution in [2.75, 3.05) is 18.0 Å². The van der Waals surface area contributed by atoms with E-state index in [2.05, 4.69) is 23.1 Å². The molecule has 1 aliphatic rings. The molecule has 1 heterocycles. The molecule has 0 atom stereocenters. The molecule has 3 nitrogen and oxygen atoms in total. The number of carbonyl (C=O) groups excluding carboxylic acids is 1. The van der Waals surface area contributed by atoms with Crippen molar-refractivity contribution in [1.29, 1.82) is 0 Å². The van der Waals surface area contributed by atoms with Gasteiger partial charge < -0.3 is 10.6 Å². The van der Waals surface area contributed by atoms with Crippen LogP contribution in [-0.4, -0.2) is 19.0 Å². The standard InChI is InChI=1S/C13H18N2O/c14-13(16)10-15-9-5-1-2-6-11-7-3-4-8-12(11)15/h3-4,7-8H,1-2,5-6,9-10H2,(H2,14,16). The number of aryl methyl sites for hydroxylation is 1. The Balaban J connectivity index is 2.27. The highest BCUT2D eigenvalue weighted by Gasteiger charge is 2.14. The van der Waals surface area contributed by atoms with E-state index >= 15 is 0 Å². The van der Waals surface area contributed by atoms with Crippen molar-refractivity contribution in [3.8, 4) is 0 Å². The van der Waals surface area contributed by atoms with Gasteiger partial charge in [-0.3, -0.25) is 4.79 Å². The van der Waals surface area contributed by atoms with Gasteiger partial charge in [0.2, 0.25) is 5.91 Å². The lowest BCUT2D eigenvalue weighted by Gasteiger charge is -2.27. The van der Waals surface area contributed by atoms with Crippen molar-refractivity contribution >= 4 is 11.6 Å². The quantitative estimate of drug-likeness (QED) is 0.821. The van der Waals surface area contributed by atoms with Crippen molar-refractivity contribution in [3.63, 3.8) is 0 Å². The molecule has 1 aromatic rings. The van der Waals surface area contributed by atoms with Gasteiger partial charge in [-0.1, -0.05) is 24.6 Å². The molecule has 1 amide bonds. The van der Waals surface area contributed by atoms with E-state index < -0.39 is 0 Å². The van der Waals surface area contributed by atoms with Crippen LogP contribution in [0.15, 0.2) is 24.3 Å². The molecule has 0 aromatic heterocycles. The monoisotopic (exact) mass is 218 g/mol. The Morgan fingerprint density at radius 2 is 2.06 bits per heavy atom. The topological polar surface area (TPSA) is 46.3 Å². The zero-order valence-electron chi connectivity index (χ0n) is 9.48. The van der Waals surface area contributed by atoms with E-state index in [0.29, 0.717) is 6.54 Å². The van der Waals surface area contributed by atoms with Gasteiger partial charge in [-0.25, -0.2) is 0 Å². The summed E-state index contributed by atoms with van der Waals surface area (Å²) in [6, 6.07) is 8.32. The molecule has 1 aliphatic heterocycles. The molecule has 2 rings (SSSR count). The molecule has 3 heteroatoms. The lowest BCUT2D eigenvalue weighted by atomic mass is 10.0. The summed E-state index contributed by atoms with van der Waals surface area (Å²) < 4.78 is 0. The second-order valence-corrected chi connectivity index (χ2v) is 4.33. The van der Waals surface area contributed by atoms with Crippen LogP contribution >= 0.6 is 0 Å². The first-order valence-corrected chi connectivity index (χ1v) is 5.88. The fourth-order valence-electron chi connectivity index (χ4n) is 2.30. The minimum Gasteiger partial charge on any atom is -0.368 e. The fraction of sp³-hybridized carbons (Fsp3) is 0.462. The molecule has 0 bridgehead atoms. The van der Waals surface area contributed by atoms with E-state index in [-0.39, 0.29) is 5.91 Å². The average molecular weight is 218 g/mol. The number of para-hydroxylation sites is 1. The number of nitrogens with two attached hydrogens (primary N) is 1. The first-order valence-electron chi connectivity index (χ1n) is 5.88. The zero-order chi connectivity index (χ0) is 11.4. The Morgan fingerprint density at radius 3 is 2.88 bits per heavy atom. The van der Waals surface area contributed by atoms with Crippen LogP contribution in [0.1, 0.15) is 24.8 Å². The van der Waals surface area contributed by atoms with Crippen LogP contribution in [0.25, 0.3) is 0 Å². The number of carbonyl (C=O) groups is 1. The molecular formula is C13H18N2O. The van der Waals surface area contributed by atoms with Crippen LogP contribution in [-0.2, 0) is 11.2 Å². The Kier molecular flexibility index (Phi) is 3.44. The van der Waals surface area contributed by atoms with Gasteiger partial charge in [-0.2, -0.15) is 0 Å². The predicted molar refractivity (Wildman–Crippen MR) is 65.4 cm³/mol. The van der Waals surface area contributed by atoms with Crippen molar-refractivity contribution in [1.82, 2.24) is 0 Å². The second kappa shape index (κ2) is 5.01. The van der Waals surface area contributed by atoms with E-state index in [9.17, 15) is 4.79 Å². The molecule has 0 spiro atoms. The highest BCUT2D eigenvalue weighted by Crippen LogP contribution is 2.25. The first kappa shape index (κ1) is 11.0. The van der Waals surface area contributed by atoms with Crippen molar-refractivity contribution in [2.45, 2.75) is 25.7 Å². The normalized spacial score (nSPS) is 16.1. The van der Waals surface area contributed by atoms with E-state index in [4.69, 9.17) is 5.73 Å². The minimum absolute atomic E-state index is 0.254. The predicted octanol–water partition coefficient (Wildman–Crippen LogP) is 1.70. The summed E-state index contributed by atoms with van der Waals surface area (Å²) in [5, 5.41) is 0. The van der Waals surface area contributed by atoms with Crippen molar-refractivity contribution in [2.24, 2.45) is 5.73 Å². The van der Waals surface area contributed by atoms with Crippen LogP contribution in [0, 0.1) is 0 Å². The van der Waals surface area contributed by atoms with Gasteiger partial charge in [0.25, 0.3) is 0 Å². The molecule has 0 saturated carbocycles. The summed E-state index contributed by atoms with van der Waals surface area (Å²) in [7, 11) is 0. The number of rotatable bonds is 2. The van der Waals surface area contributed by atoms with Crippen LogP contribution in [0.5, 0.6) is 0 Å². The molecule has 2 N–H and O–H groups in total. The third kappa shape index (κ3) is 2.54. The summed E-state index contributed by atoms with van der Waals surface area (Å²) in [6.45, 7) is 1.26. The number of anilines is 1.